The number of anilines is 1. The number of halogens is 6. The lowest BCUT2D eigenvalue weighted by Gasteiger charge is -2.21. The molecule has 0 fully saturated rings. The van der Waals surface area contributed by atoms with Gasteiger partial charge in [0.1, 0.15) is 0 Å². The minimum Gasteiger partial charge on any atom is -0.327 e. The highest BCUT2D eigenvalue weighted by atomic mass is 19.4. The Kier molecular flexibility index (Phi) is 6.24. The first-order chi connectivity index (χ1) is 14.5. The normalized spacial score (nSPS) is 12.0. The maximum atomic E-state index is 13.0. The summed E-state index contributed by atoms with van der Waals surface area (Å²) < 4.78 is 78.2. The van der Waals surface area contributed by atoms with Gasteiger partial charge in [-0.25, -0.2) is 4.79 Å². The zero-order chi connectivity index (χ0) is 22.6. The van der Waals surface area contributed by atoms with Crippen molar-refractivity contribution in [3.63, 3.8) is 0 Å². The van der Waals surface area contributed by atoms with Crippen molar-refractivity contribution in [2.24, 2.45) is 0 Å². The molecule has 0 atom stereocenters. The van der Waals surface area contributed by atoms with E-state index in [0.29, 0.717) is 23.3 Å². The second kappa shape index (κ2) is 8.71. The maximum Gasteiger partial charge on any atom is 0.416 e. The molecular formula is C22H16F6N2O. The molecule has 0 unspecified atom stereocenters. The fraction of sp³-hybridized carbons (Fsp3) is 0.136. The van der Waals surface area contributed by atoms with Gasteiger partial charge in [0, 0.05) is 5.69 Å². The molecule has 0 bridgehead atoms. The van der Waals surface area contributed by atoms with Gasteiger partial charge in [-0.1, -0.05) is 60.7 Å². The Morgan fingerprint density at radius 1 is 0.677 bits per heavy atom. The molecule has 31 heavy (non-hydrogen) atoms. The number of nitrogens with one attached hydrogen (secondary N) is 2. The Morgan fingerprint density at radius 2 is 1.10 bits per heavy atom. The van der Waals surface area contributed by atoms with Crippen LogP contribution in [0.15, 0.2) is 78.9 Å². The van der Waals surface area contributed by atoms with Crippen molar-refractivity contribution < 1.29 is 31.1 Å². The summed E-state index contributed by atoms with van der Waals surface area (Å²) in [5.74, 6) is 0. The number of carbonyl (C=O) groups is 1. The summed E-state index contributed by atoms with van der Waals surface area (Å²) >= 11 is 0. The molecule has 0 saturated heterocycles. The van der Waals surface area contributed by atoms with E-state index in [9.17, 15) is 31.1 Å². The van der Waals surface area contributed by atoms with E-state index in [4.69, 9.17) is 0 Å². The molecule has 3 rings (SSSR count). The molecule has 0 aliphatic rings. The molecule has 9 heteroatoms. The van der Waals surface area contributed by atoms with Gasteiger partial charge in [0.15, 0.2) is 0 Å². The first-order valence-electron chi connectivity index (χ1n) is 9.01. The number of benzene rings is 3. The number of rotatable bonds is 4. The van der Waals surface area contributed by atoms with Gasteiger partial charge in [-0.15, -0.1) is 0 Å². The lowest BCUT2D eigenvalue weighted by Crippen LogP contribution is -2.33. The largest absolute Gasteiger partial charge is 0.416 e. The molecule has 0 spiro atoms. The molecule has 0 radical (unpaired) electrons. The third kappa shape index (κ3) is 5.78. The minimum atomic E-state index is -5.01. The summed E-state index contributed by atoms with van der Waals surface area (Å²) in [5, 5.41) is 4.69. The van der Waals surface area contributed by atoms with Crippen molar-refractivity contribution in [1.29, 1.82) is 0 Å². The second-order valence-corrected chi connectivity index (χ2v) is 6.65. The minimum absolute atomic E-state index is 0.000172. The van der Waals surface area contributed by atoms with Crippen molar-refractivity contribution in [3.8, 4) is 0 Å². The Balaban J connectivity index is 1.89. The Bertz CT molecular complexity index is 962. The highest BCUT2D eigenvalue weighted by Gasteiger charge is 2.37. The third-order valence-electron chi connectivity index (χ3n) is 4.39. The van der Waals surface area contributed by atoms with Crippen LogP contribution in [-0.4, -0.2) is 6.03 Å². The van der Waals surface area contributed by atoms with Crippen molar-refractivity contribution in [2.45, 2.75) is 18.4 Å². The van der Waals surface area contributed by atoms with E-state index in [-0.39, 0.29) is 6.07 Å². The molecule has 3 aromatic carbocycles. The average molecular weight is 438 g/mol. The quantitative estimate of drug-likeness (QED) is 0.441. The van der Waals surface area contributed by atoms with Crippen molar-refractivity contribution >= 4 is 11.7 Å². The maximum absolute atomic E-state index is 13.0. The fourth-order valence-electron chi connectivity index (χ4n) is 2.98. The van der Waals surface area contributed by atoms with E-state index in [2.05, 4.69) is 10.6 Å². The molecule has 0 aromatic heterocycles. The van der Waals surface area contributed by atoms with E-state index in [1.54, 1.807) is 60.7 Å². The van der Waals surface area contributed by atoms with E-state index >= 15 is 0 Å². The van der Waals surface area contributed by atoms with Gasteiger partial charge < -0.3 is 10.6 Å². The second-order valence-electron chi connectivity index (χ2n) is 6.65. The van der Waals surface area contributed by atoms with E-state index in [0.717, 1.165) is 0 Å². The van der Waals surface area contributed by atoms with Gasteiger partial charge >= 0.3 is 18.4 Å². The zero-order valence-corrected chi connectivity index (χ0v) is 15.8. The summed E-state index contributed by atoms with van der Waals surface area (Å²) in [6.45, 7) is 0. The SMILES string of the molecule is O=C(Nc1cc(C(F)(F)F)cc(C(F)(F)F)c1)NC(c1ccccc1)c1ccccc1. The van der Waals surface area contributed by atoms with Crippen LogP contribution in [0.4, 0.5) is 36.8 Å². The van der Waals surface area contributed by atoms with Crippen LogP contribution in [0.25, 0.3) is 0 Å². The lowest BCUT2D eigenvalue weighted by molar-refractivity contribution is -0.143. The number of amides is 2. The highest BCUT2D eigenvalue weighted by molar-refractivity contribution is 5.90. The summed E-state index contributed by atoms with van der Waals surface area (Å²) in [7, 11) is 0. The third-order valence-corrected chi connectivity index (χ3v) is 4.39. The number of urea groups is 1. The molecule has 162 valence electrons. The van der Waals surface area contributed by atoms with Gasteiger partial charge in [-0.2, -0.15) is 26.3 Å². The van der Waals surface area contributed by atoms with Crippen molar-refractivity contribution in [1.82, 2.24) is 5.32 Å². The van der Waals surface area contributed by atoms with Crippen LogP contribution in [0.5, 0.6) is 0 Å². The molecule has 3 nitrogen and oxygen atoms in total. The standard InChI is InChI=1S/C22H16F6N2O/c23-21(24,25)16-11-17(22(26,27)28)13-18(12-16)29-20(31)30-19(14-7-3-1-4-8-14)15-9-5-2-6-10-15/h1-13,19H,(H2,29,30,31). The molecule has 3 aromatic rings. The predicted molar refractivity (Wildman–Crippen MR) is 103 cm³/mol. The fourth-order valence-corrected chi connectivity index (χ4v) is 2.98. The highest BCUT2D eigenvalue weighted by Crippen LogP contribution is 2.37. The molecule has 0 aliphatic heterocycles. The van der Waals surface area contributed by atoms with Crippen LogP contribution in [-0.2, 0) is 12.4 Å². The van der Waals surface area contributed by atoms with Crippen LogP contribution in [0.3, 0.4) is 0 Å². The molecule has 2 N–H and O–H groups in total. The smallest absolute Gasteiger partial charge is 0.327 e. The Hall–Kier alpha value is -3.49. The van der Waals surface area contributed by atoms with Crippen molar-refractivity contribution in [2.75, 3.05) is 5.32 Å². The summed E-state index contributed by atoms with van der Waals surface area (Å²) in [4.78, 5) is 12.5. The van der Waals surface area contributed by atoms with Crippen LogP contribution in [0.2, 0.25) is 0 Å². The predicted octanol–water partition coefficient (Wildman–Crippen LogP) is 6.64. The van der Waals surface area contributed by atoms with Crippen LogP contribution in [0, 0.1) is 0 Å². The van der Waals surface area contributed by atoms with Crippen LogP contribution >= 0.6 is 0 Å². The van der Waals surface area contributed by atoms with E-state index in [1.165, 1.54) is 0 Å². The molecule has 2 amide bonds. The van der Waals surface area contributed by atoms with Gasteiger partial charge in [0.25, 0.3) is 0 Å². The zero-order valence-electron chi connectivity index (χ0n) is 15.8. The summed E-state index contributed by atoms with van der Waals surface area (Å²) in [5.41, 5.74) is -2.28. The number of alkyl halides is 6. The molecule has 0 saturated carbocycles. The van der Waals surface area contributed by atoms with Crippen LogP contribution < -0.4 is 10.6 Å². The average Bonchev–Trinajstić information content (AvgIpc) is 2.72. The summed E-state index contributed by atoms with van der Waals surface area (Å²) in [6, 6.07) is 16.8. The van der Waals surface area contributed by atoms with Crippen molar-refractivity contribution in [3.05, 3.63) is 101 Å². The lowest BCUT2D eigenvalue weighted by atomic mass is 9.99. The first kappa shape index (κ1) is 22.2. The van der Waals surface area contributed by atoms with E-state index in [1.807, 2.05) is 0 Å². The molecular weight excluding hydrogens is 422 g/mol. The number of hydrogen-bond donors (Lipinski definition) is 2. The number of hydrogen-bond acceptors (Lipinski definition) is 1. The van der Waals surface area contributed by atoms with Gasteiger partial charge in [0.2, 0.25) is 0 Å². The number of carbonyl (C=O) groups excluding carboxylic acids is 1. The topological polar surface area (TPSA) is 41.1 Å². The summed E-state index contributed by atoms with van der Waals surface area (Å²) in [6.07, 6.45) is -10.0. The molecule has 0 heterocycles. The Labute approximate surface area is 173 Å². The van der Waals surface area contributed by atoms with Crippen LogP contribution in [0.1, 0.15) is 28.3 Å². The van der Waals surface area contributed by atoms with Gasteiger partial charge in [-0.05, 0) is 29.3 Å². The van der Waals surface area contributed by atoms with Gasteiger partial charge in [0.05, 0.1) is 17.2 Å². The van der Waals surface area contributed by atoms with Gasteiger partial charge in [-0.3, -0.25) is 0 Å². The van der Waals surface area contributed by atoms with E-state index < -0.39 is 41.2 Å². The monoisotopic (exact) mass is 438 g/mol. The Morgan fingerprint density at radius 3 is 1.48 bits per heavy atom. The first-order valence-corrected chi connectivity index (χ1v) is 9.01. The molecule has 0 aliphatic carbocycles.